The minimum Gasteiger partial charge on any atom is -0.385 e. The number of ketones is 1. The molecule has 2 rings (SSSR count). The number of aliphatic imine (C=N–C) groups is 1. The van der Waals surface area contributed by atoms with Gasteiger partial charge in [0.15, 0.2) is 0 Å². The van der Waals surface area contributed by atoms with Gasteiger partial charge in [-0.15, -0.1) is 12.1 Å². The van der Waals surface area contributed by atoms with Crippen LogP contribution in [0, 0.1) is 6.54 Å². The second-order valence-electron chi connectivity index (χ2n) is 3.55. The predicted octanol–water partition coefficient (Wildman–Crippen LogP) is 3.15. The normalized spacial score (nSPS) is 9.78. The van der Waals surface area contributed by atoms with Crippen LogP contribution in [-0.4, -0.2) is 12.0 Å². The molecule has 0 N–H and O–H groups in total. The van der Waals surface area contributed by atoms with Crippen molar-refractivity contribution in [2.75, 3.05) is 0 Å². The van der Waals surface area contributed by atoms with Gasteiger partial charge in [-0.3, -0.25) is 0 Å². The van der Waals surface area contributed by atoms with Crippen molar-refractivity contribution in [1.29, 1.82) is 0 Å². The van der Waals surface area contributed by atoms with Crippen molar-refractivity contribution in [3.05, 3.63) is 78.3 Å². The Kier molecular flexibility index (Phi) is 5.92. The first-order valence-electron chi connectivity index (χ1n) is 5.37. The van der Waals surface area contributed by atoms with Crippen molar-refractivity contribution in [2.24, 2.45) is 4.99 Å². The van der Waals surface area contributed by atoms with Crippen LogP contribution in [0.5, 0.6) is 0 Å². The van der Waals surface area contributed by atoms with E-state index in [0.717, 1.165) is 5.56 Å². The SMILES string of the molecule is O=C([CH-]N=Cc1ccccc1)c1ccccc1.[Cu]. The Morgan fingerprint density at radius 1 is 0.944 bits per heavy atom. The van der Waals surface area contributed by atoms with Crippen LogP contribution in [0.3, 0.4) is 0 Å². The molecule has 0 aliphatic carbocycles. The van der Waals surface area contributed by atoms with Gasteiger partial charge < -0.3 is 9.79 Å². The van der Waals surface area contributed by atoms with E-state index >= 15 is 0 Å². The number of hydrogen-bond acceptors (Lipinski definition) is 2. The molecule has 2 nitrogen and oxygen atoms in total. The van der Waals surface area contributed by atoms with Gasteiger partial charge in [0, 0.05) is 17.1 Å². The Labute approximate surface area is 117 Å². The molecule has 0 atom stereocenters. The molecule has 0 spiro atoms. The van der Waals surface area contributed by atoms with Gasteiger partial charge in [-0.25, -0.2) is 0 Å². The summed E-state index contributed by atoms with van der Waals surface area (Å²) in [7, 11) is 0. The van der Waals surface area contributed by atoms with Crippen molar-refractivity contribution < 1.29 is 21.9 Å². The van der Waals surface area contributed by atoms with Gasteiger partial charge >= 0.3 is 0 Å². The average molecular weight is 286 g/mol. The predicted molar refractivity (Wildman–Crippen MR) is 69.1 cm³/mol. The number of carbonyl (C=O) groups excluding carboxylic acids is 1. The van der Waals surface area contributed by atoms with E-state index in [1.807, 2.05) is 48.5 Å². The van der Waals surface area contributed by atoms with Crippen LogP contribution < -0.4 is 0 Å². The second kappa shape index (κ2) is 7.49. The Bertz CT molecular complexity index is 509. The average Bonchev–Trinajstić information content (AvgIpc) is 2.41. The molecule has 0 heterocycles. The third-order valence-corrected chi connectivity index (χ3v) is 2.27. The molecule has 3 heteroatoms. The van der Waals surface area contributed by atoms with Gasteiger partial charge in [0.2, 0.25) is 0 Å². The smallest absolute Gasteiger partial charge is 0.0969 e. The van der Waals surface area contributed by atoms with E-state index in [0.29, 0.717) is 5.56 Å². The summed E-state index contributed by atoms with van der Waals surface area (Å²) >= 11 is 0. The Balaban J connectivity index is 0.00000162. The molecule has 0 aliphatic rings. The van der Waals surface area contributed by atoms with E-state index in [1.54, 1.807) is 18.3 Å². The molecule has 0 unspecified atom stereocenters. The summed E-state index contributed by atoms with van der Waals surface area (Å²) in [6, 6.07) is 18.8. The minimum absolute atomic E-state index is 0. The van der Waals surface area contributed by atoms with Gasteiger partial charge in [0.25, 0.3) is 0 Å². The van der Waals surface area contributed by atoms with Gasteiger partial charge in [0.1, 0.15) is 0 Å². The van der Waals surface area contributed by atoms with Gasteiger partial charge in [-0.2, -0.15) is 0 Å². The van der Waals surface area contributed by atoms with Crippen molar-refractivity contribution in [2.45, 2.75) is 0 Å². The summed E-state index contributed by atoms with van der Waals surface area (Å²) in [5.74, 6) is -0.0854. The van der Waals surface area contributed by atoms with E-state index in [1.165, 1.54) is 6.54 Å². The second-order valence-corrected chi connectivity index (χ2v) is 3.55. The van der Waals surface area contributed by atoms with Gasteiger partial charge in [0.05, 0.1) is 5.78 Å². The van der Waals surface area contributed by atoms with E-state index in [9.17, 15) is 4.79 Å². The molecule has 2 aromatic rings. The summed E-state index contributed by atoms with van der Waals surface area (Å²) in [4.78, 5) is 15.7. The molecule has 2 aromatic carbocycles. The molecule has 0 saturated heterocycles. The first-order chi connectivity index (χ1) is 8.36. The first-order valence-corrected chi connectivity index (χ1v) is 5.37. The fraction of sp³-hybridized carbons (Fsp3) is 0. The van der Waals surface area contributed by atoms with Crippen LogP contribution in [0.15, 0.2) is 65.7 Å². The largest absolute Gasteiger partial charge is 0.385 e. The number of rotatable bonds is 4. The van der Waals surface area contributed by atoms with Crippen LogP contribution in [0.2, 0.25) is 0 Å². The van der Waals surface area contributed by atoms with Crippen molar-refractivity contribution in [3.8, 4) is 0 Å². The Morgan fingerprint density at radius 2 is 1.50 bits per heavy atom. The molecule has 0 saturated carbocycles. The molecule has 0 bridgehead atoms. The van der Waals surface area contributed by atoms with E-state index in [4.69, 9.17) is 0 Å². The third kappa shape index (κ3) is 4.21. The maximum atomic E-state index is 11.7. The molecule has 1 radical (unpaired) electrons. The summed E-state index contributed by atoms with van der Waals surface area (Å²) < 4.78 is 0. The molecule has 0 aromatic heterocycles. The van der Waals surface area contributed by atoms with Crippen LogP contribution in [0.1, 0.15) is 15.9 Å². The zero-order chi connectivity index (χ0) is 11.9. The number of Topliss-reactive ketones (excluding diaryl/α,β-unsaturated/α-hetero) is 1. The summed E-state index contributed by atoms with van der Waals surface area (Å²) in [5.41, 5.74) is 1.63. The van der Waals surface area contributed by atoms with Crippen LogP contribution in [0.25, 0.3) is 0 Å². The maximum absolute atomic E-state index is 11.7. The number of benzene rings is 2. The number of nitrogens with zero attached hydrogens (tertiary/aromatic N) is 1. The van der Waals surface area contributed by atoms with E-state index < -0.39 is 0 Å². The molecular formula is C15H12CuNO-. The molecule has 0 aliphatic heterocycles. The summed E-state index contributed by atoms with van der Waals surface area (Å²) in [5, 5.41) is 0. The van der Waals surface area contributed by atoms with Crippen LogP contribution in [-0.2, 0) is 17.1 Å². The van der Waals surface area contributed by atoms with Crippen molar-refractivity contribution in [1.82, 2.24) is 0 Å². The Hall–Kier alpha value is -1.83. The van der Waals surface area contributed by atoms with Crippen molar-refractivity contribution in [3.63, 3.8) is 0 Å². The standard InChI is InChI=1S/C15H12NO.Cu/c17-15(14-9-5-2-6-10-14)12-16-11-13-7-3-1-4-8-13;/h1-12H;/q-1;. The monoisotopic (exact) mass is 285 g/mol. The fourth-order valence-corrected chi connectivity index (χ4v) is 1.41. The number of hydrogen-bond donors (Lipinski definition) is 0. The molecule has 95 valence electrons. The van der Waals surface area contributed by atoms with Crippen LogP contribution in [0.4, 0.5) is 0 Å². The van der Waals surface area contributed by atoms with E-state index in [-0.39, 0.29) is 22.9 Å². The molecular weight excluding hydrogens is 274 g/mol. The topological polar surface area (TPSA) is 29.4 Å². The first kappa shape index (κ1) is 14.2. The zero-order valence-corrected chi connectivity index (χ0v) is 10.5. The fourth-order valence-electron chi connectivity index (χ4n) is 1.41. The van der Waals surface area contributed by atoms with Gasteiger partial charge in [-0.05, 0) is 6.54 Å². The van der Waals surface area contributed by atoms with Crippen LogP contribution >= 0.6 is 0 Å². The quantitative estimate of drug-likeness (QED) is 0.367. The van der Waals surface area contributed by atoms with Gasteiger partial charge in [-0.1, -0.05) is 65.9 Å². The molecule has 0 fully saturated rings. The van der Waals surface area contributed by atoms with Crippen molar-refractivity contribution >= 4 is 12.0 Å². The minimum atomic E-state index is -0.0854. The summed E-state index contributed by atoms with van der Waals surface area (Å²) in [6.07, 6.45) is 1.67. The third-order valence-electron chi connectivity index (χ3n) is 2.27. The molecule has 0 amide bonds. The number of carbonyl (C=O) groups is 1. The Morgan fingerprint density at radius 3 is 2.11 bits per heavy atom. The molecule has 18 heavy (non-hydrogen) atoms. The maximum Gasteiger partial charge on any atom is 0.0969 e. The zero-order valence-electron chi connectivity index (χ0n) is 9.59. The summed E-state index contributed by atoms with van der Waals surface area (Å²) in [6.45, 7) is 1.34. The van der Waals surface area contributed by atoms with E-state index in [2.05, 4.69) is 4.99 Å².